The largest absolute Gasteiger partial charge is 0.742 e. The summed E-state index contributed by atoms with van der Waals surface area (Å²) in [6, 6.07) is -0.187. The van der Waals surface area contributed by atoms with Gasteiger partial charge in [-0.3, -0.25) is 9.59 Å². The molecular formula is C16H20N5O3Si+. The van der Waals surface area contributed by atoms with Crippen LogP contribution in [0.4, 0.5) is 5.82 Å². The molecule has 1 aliphatic heterocycles. The van der Waals surface area contributed by atoms with E-state index in [-0.39, 0.29) is 23.2 Å². The Morgan fingerprint density at radius 3 is 2.84 bits per heavy atom. The number of hydrogen-bond acceptors (Lipinski definition) is 5. The van der Waals surface area contributed by atoms with E-state index in [0.717, 1.165) is 0 Å². The molecule has 9 heteroatoms. The molecule has 0 aromatic carbocycles. The SMILES string of the molecule is C#Cc1nn([C@@]2([Si+])C[C@H](COC)N(C(=O)C=C)C2)c(NC)c1C(N)=O. The van der Waals surface area contributed by atoms with Gasteiger partial charge in [0.25, 0.3) is 11.1 Å². The minimum Gasteiger partial charge on any atom is -0.383 e. The quantitative estimate of drug-likeness (QED) is 0.396. The van der Waals surface area contributed by atoms with Gasteiger partial charge < -0.3 is 20.7 Å². The molecular weight excluding hydrogens is 338 g/mol. The minimum atomic E-state index is -0.778. The van der Waals surface area contributed by atoms with Crippen molar-refractivity contribution >= 4 is 27.9 Å². The van der Waals surface area contributed by atoms with Crippen LogP contribution in [-0.4, -0.2) is 70.1 Å². The molecule has 2 rings (SSSR count). The van der Waals surface area contributed by atoms with E-state index in [2.05, 4.69) is 33.2 Å². The van der Waals surface area contributed by atoms with Gasteiger partial charge in [0.2, 0.25) is 5.91 Å². The van der Waals surface area contributed by atoms with E-state index in [4.69, 9.17) is 16.9 Å². The number of terminal acetylenes is 1. The third-order valence-corrected chi connectivity index (χ3v) is 4.75. The highest BCUT2D eigenvalue weighted by molar-refractivity contribution is 6.15. The zero-order valence-electron chi connectivity index (χ0n) is 14.2. The Hall–Kier alpha value is -2.57. The number of carbonyl (C=O) groups excluding carboxylic acids is 2. The molecule has 1 aromatic heterocycles. The molecule has 1 fully saturated rings. The van der Waals surface area contributed by atoms with Crippen molar-refractivity contribution in [1.29, 1.82) is 0 Å². The van der Waals surface area contributed by atoms with E-state index < -0.39 is 11.1 Å². The van der Waals surface area contributed by atoms with Gasteiger partial charge in [0.1, 0.15) is 17.1 Å². The number of aromatic nitrogens is 2. The number of rotatable bonds is 6. The molecule has 2 radical (unpaired) electrons. The molecule has 0 spiro atoms. The number of ether oxygens (including phenoxy) is 1. The van der Waals surface area contributed by atoms with Gasteiger partial charge in [-0.1, -0.05) is 6.58 Å². The molecule has 1 saturated heterocycles. The number of nitrogens with one attached hydrogen (secondary N) is 1. The first-order valence-electron chi connectivity index (χ1n) is 7.57. The molecule has 1 aliphatic rings. The standard InChI is InChI=1S/C16H20N5O3Si/c1-5-11-13(14(17)23)15(18-3)21(19-11)16(25)7-10(8-24-4)20(9-16)12(22)6-2/h1,6,10,18H,2,7-9H2,3-4H3,(H2,17,23)/q+1/t10-,16-/m1/s1. The van der Waals surface area contributed by atoms with Gasteiger partial charge in [-0.25, -0.2) is 4.68 Å². The number of carbonyl (C=O) groups is 2. The normalized spacial score (nSPS) is 22.4. The van der Waals surface area contributed by atoms with Gasteiger partial charge in [-0.15, -0.1) is 6.42 Å². The third kappa shape index (κ3) is 3.18. The number of nitrogens with zero attached hydrogens (tertiary/aromatic N) is 3. The number of likely N-dealkylation sites (tertiary alicyclic amines) is 1. The van der Waals surface area contributed by atoms with Gasteiger partial charge in [-0.05, 0) is 12.0 Å². The molecule has 3 N–H and O–H groups in total. The lowest BCUT2D eigenvalue weighted by Gasteiger charge is -2.21. The van der Waals surface area contributed by atoms with Crippen molar-refractivity contribution in [1.82, 2.24) is 14.7 Å². The van der Waals surface area contributed by atoms with Crippen molar-refractivity contribution in [3.05, 3.63) is 23.9 Å². The summed E-state index contributed by atoms with van der Waals surface area (Å²) in [6.45, 7) is 4.19. The first kappa shape index (κ1) is 18.8. The average molecular weight is 358 g/mol. The van der Waals surface area contributed by atoms with Crippen LogP contribution in [0.5, 0.6) is 0 Å². The maximum atomic E-state index is 12.2. The van der Waals surface area contributed by atoms with Gasteiger partial charge >= 0.3 is 10.2 Å². The zero-order valence-corrected chi connectivity index (χ0v) is 15.2. The molecule has 25 heavy (non-hydrogen) atoms. The number of primary amides is 1. The van der Waals surface area contributed by atoms with E-state index in [1.807, 2.05) is 0 Å². The summed E-state index contributed by atoms with van der Waals surface area (Å²) in [4.78, 5) is 25.6. The van der Waals surface area contributed by atoms with Gasteiger partial charge in [0.15, 0.2) is 0 Å². The summed E-state index contributed by atoms with van der Waals surface area (Å²) in [6.07, 6.45) is 7.21. The monoisotopic (exact) mass is 358 g/mol. The maximum Gasteiger partial charge on any atom is 0.742 e. The van der Waals surface area contributed by atoms with Crippen LogP contribution in [0, 0.1) is 12.3 Å². The minimum absolute atomic E-state index is 0.138. The fourth-order valence-electron chi connectivity index (χ4n) is 3.14. The number of nitrogens with two attached hydrogens (primary N) is 1. The van der Waals surface area contributed by atoms with Crippen LogP contribution in [0.15, 0.2) is 12.7 Å². The summed E-state index contributed by atoms with van der Waals surface area (Å²) >= 11 is 0. The molecule has 2 atom stereocenters. The van der Waals surface area contributed by atoms with Crippen LogP contribution >= 0.6 is 0 Å². The molecule has 1 aromatic rings. The Morgan fingerprint density at radius 1 is 1.68 bits per heavy atom. The van der Waals surface area contributed by atoms with Crippen LogP contribution in [0.1, 0.15) is 22.5 Å². The molecule has 8 nitrogen and oxygen atoms in total. The van der Waals surface area contributed by atoms with E-state index in [1.165, 1.54) is 6.08 Å². The second-order valence-electron chi connectivity index (χ2n) is 5.76. The second-order valence-corrected chi connectivity index (χ2v) is 6.69. The maximum absolute atomic E-state index is 12.2. The van der Waals surface area contributed by atoms with E-state index in [1.54, 1.807) is 23.7 Å². The lowest BCUT2D eigenvalue weighted by molar-refractivity contribution is -0.127. The first-order chi connectivity index (χ1) is 11.8. The van der Waals surface area contributed by atoms with Crippen molar-refractivity contribution in [3.63, 3.8) is 0 Å². The summed E-state index contributed by atoms with van der Waals surface area (Å²) in [5, 5.41) is 6.50. The Bertz CT molecular complexity index is 754. The van der Waals surface area contributed by atoms with Crippen LogP contribution in [0.25, 0.3) is 0 Å². The lowest BCUT2D eigenvalue weighted by atomic mass is 10.1. The molecule has 2 amide bonds. The van der Waals surface area contributed by atoms with Crippen LogP contribution in [0.3, 0.4) is 0 Å². The number of amides is 2. The predicted octanol–water partition coefficient (Wildman–Crippen LogP) is -0.740. The molecule has 0 bridgehead atoms. The molecule has 130 valence electrons. The summed E-state index contributed by atoms with van der Waals surface area (Å²) in [5.74, 6) is 1.88. The fraction of sp³-hybridized carbons (Fsp3) is 0.438. The molecule has 2 heterocycles. The Kier molecular flexibility index (Phi) is 5.35. The number of hydrogen-bond donors (Lipinski definition) is 2. The van der Waals surface area contributed by atoms with Crippen LogP contribution in [0.2, 0.25) is 0 Å². The van der Waals surface area contributed by atoms with E-state index in [9.17, 15) is 9.59 Å². The zero-order chi connectivity index (χ0) is 18.8. The number of anilines is 1. The molecule has 0 saturated carbocycles. The summed E-state index contributed by atoms with van der Waals surface area (Å²) < 4.78 is 6.79. The van der Waals surface area contributed by atoms with Gasteiger partial charge in [-0.2, -0.15) is 5.10 Å². The van der Waals surface area contributed by atoms with Gasteiger partial charge in [0, 0.05) is 20.6 Å². The van der Waals surface area contributed by atoms with Crippen molar-refractivity contribution in [3.8, 4) is 12.3 Å². The fourth-order valence-corrected chi connectivity index (χ4v) is 3.71. The van der Waals surface area contributed by atoms with E-state index >= 15 is 0 Å². The average Bonchev–Trinajstić information content (AvgIpc) is 3.13. The van der Waals surface area contributed by atoms with Gasteiger partial charge in [0.05, 0.1) is 19.2 Å². The van der Waals surface area contributed by atoms with Crippen molar-refractivity contribution < 1.29 is 14.3 Å². The smallest absolute Gasteiger partial charge is 0.383 e. The Morgan fingerprint density at radius 2 is 2.36 bits per heavy atom. The Labute approximate surface area is 149 Å². The predicted molar refractivity (Wildman–Crippen MR) is 94.1 cm³/mol. The second kappa shape index (κ2) is 7.12. The first-order valence-corrected chi connectivity index (χ1v) is 8.07. The summed E-state index contributed by atoms with van der Waals surface area (Å²) in [5.41, 5.74) is 5.74. The van der Waals surface area contributed by atoms with Crippen LogP contribution < -0.4 is 11.1 Å². The highest BCUT2D eigenvalue weighted by Gasteiger charge is 2.56. The highest BCUT2D eigenvalue weighted by Crippen LogP contribution is 2.35. The van der Waals surface area contributed by atoms with Crippen molar-refractivity contribution in [2.45, 2.75) is 17.6 Å². The van der Waals surface area contributed by atoms with Crippen LogP contribution in [-0.2, 0) is 14.7 Å². The van der Waals surface area contributed by atoms with Crippen molar-refractivity contribution in [2.75, 3.05) is 32.6 Å². The highest BCUT2D eigenvalue weighted by atomic mass is 28.1. The topological polar surface area (TPSA) is 102 Å². The molecule has 0 unspecified atom stereocenters. The summed E-state index contributed by atoms with van der Waals surface area (Å²) in [7, 11) is 6.95. The van der Waals surface area contributed by atoms with E-state index in [0.29, 0.717) is 25.4 Å². The Balaban J connectivity index is 2.54. The van der Waals surface area contributed by atoms with Crippen molar-refractivity contribution in [2.24, 2.45) is 5.73 Å². The third-order valence-electron chi connectivity index (χ3n) is 4.17. The lowest BCUT2D eigenvalue weighted by Crippen LogP contribution is -2.41. The molecule has 0 aliphatic carbocycles. The number of methoxy groups -OCH3 is 1.